The van der Waals surface area contributed by atoms with Crippen molar-refractivity contribution in [2.45, 2.75) is 71.1 Å². The van der Waals surface area contributed by atoms with Gasteiger partial charge in [0.15, 0.2) is 0 Å². The quantitative estimate of drug-likeness (QED) is 0.245. The van der Waals surface area contributed by atoms with E-state index in [1.807, 2.05) is 0 Å². The Hall–Kier alpha value is -0.640. The number of aromatic carboxylic acids is 1. The molecule has 0 heterocycles. The van der Waals surface area contributed by atoms with Crippen molar-refractivity contribution in [2.24, 2.45) is 0 Å². The summed E-state index contributed by atoms with van der Waals surface area (Å²) in [6.07, 6.45) is 11.9. The summed E-state index contributed by atoms with van der Waals surface area (Å²) in [6.45, 7) is 2.31. The summed E-state index contributed by atoms with van der Waals surface area (Å²) in [5, 5.41) is 17.3. The van der Waals surface area contributed by atoms with Gasteiger partial charge in [0.25, 0.3) is 0 Å². The summed E-state index contributed by atoms with van der Waals surface area (Å²) in [4.78, 5) is 10.3. The Morgan fingerprint density at radius 2 is 1.39 bits per heavy atom. The number of para-hydroxylation sites is 1. The van der Waals surface area contributed by atoms with Crippen LogP contribution in [0.15, 0.2) is 24.3 Å². The molecule has 0 spiro atoms. The number of carboxylic acids is 1. The van der Waals surface area contributed by atoms with Crippen molar-refractivity contribution in [3.63, 3.8) is 0 Å². The zero-order valence-corrected chi connectivity index (χ0v) is 16.8. The molecule has 0 fully saturated rings. The molecule has 0 saturated carbocycles. The van der Waals surface area contributed by atoms with Crippen molar-refractivity contribution in [3.05, 3.63) is 29.8 Å². The van der Waals surface area contributed by atoms with Crippen LogP contribution in [0.25, 0.3) is 0 Å². The van der Waals surface area contributed by atoms with E-state index in [-0.39, 0.29) is 47.5 Å². The van der Waals surface area contributed by atoms with Crippen LogP contribution in [0, 0.1) is 0 Å². The topological polar surface area (TPSA) is 121 Å². The number of phenols is 1. The summed E-state index contributed by atoms with van der Waals surface area (Å²) in [6, 6.07) is 5.81. The summed E-state index contributed by atoms with van der Waals surface area (Å²) in [5.41, 5.74) is -0.0671. The molecule has 0 aromatic heterocycles. The average Bonchev–Trinajstić information content (AvgIpc) is 2.59. The van der Waals surface area contributed by atoms with Gasteiger partial charge in [0.2, 0.25) is 0 Å². The SMILES string of the molecule is CCCCCCCCCCCCOS(=O)(=O)O.O=C(O)c1ccccc1O.[NaH]. The van der Waals surface area contributed by atoms with E-state index < -0.39 is 16.4 Å². The van der Waals surface area contributed by atoms with Crippen LogP contribution in [-0.4, -0.2) is 65.3 Å². The molecule has 158 valence electrons. The molecule has 0 saturated heterocycles. The first kappa shape index (κ1) is 29.6. The number of aromatic hydroxyl groups is 1. The number of rotatable bonds is 13. The van der Waals surface area contributed by atoms with Crippen LogP contribution in [-0.2, 0) is 14.6 Å². The molecule has 0 aliphatic heterocycles. The van der Waals surface area contributed by atoms with Crippen LogP contribution in [0.1, 0.15) is 81.5 Å². The van der Waals surface area contributed by atoms with E-state index in [1.165, 1.54) is 57.1 Å². The third-order valence-corrected chi connectivity index (χ3v) is 4.33. The second-order valence-corrected chi connectivity index (χ2v) is 7.35. The van der Waals surface area contributed by atoms with Gasteiger partial charge >= 0.3 is 45.9 Å². The van der Waals surface area contributed by atoms with E-state index in [4.69, 9.17) is 14.8 Å². The summed E-state index contributed by atoms with van der Waals surface area (Å²) in [7, 11) is -4.23. The predicted molar refractivity (Wildman–Crippen MR) is 112 cm³/mol. The van der Waals surface area contributed by atoms with Gasteiger partial charge in [-0.15, -0.1) is 0 Å². The summed E-state index contributed by atoms with van der Waals surface area (Å²) in [5.74, 6) is -1.31. The van der Waals surface area contributed by atoms with Crippen molar-refractivity contribution in [2.75, 3.05) is 6.61 Å². The third-order valence-electron chi connectivity index (χ3n) is 3.86. The van der Waals surface area contributed by atoms with Crippen molar-refractivity contribution >= 4 is 45.9 Å². The molecule has 0 radical (unpaired) electrons. The Balaban J connectivity index is 0. The van der Waals surface area contributed by atoms with Gasteiger partial charge in [-0.25, -0.2) is 8.98 Å². The minimum absolute atomic E-state index is 0. The predicted octanol–water partition coefficient (Wildman–Crippen LogP) is 4.17. The van der Waals surface area contributed by atoms with E-state index >= 15 is 0 Å². The van der Waals surface area contributed by atoms with Crippen LogP contribution in [0.5, 0.6) is 5.75 Å². The van der Waals surface area contributed by atoms with E-state index in [2.05, 4.69) is 11.1 Å². The molecular formula is C19H33NaO7S. The van der Waals surface area contributed by atoms with Crippen LogP contribution in [0.3, 0.4) is 0 Å². The number of unbranched alkanes of at least 4 members (excludes halogenated alkanes) is 9. The van der Waals surface area contributed by atoms with Crippen LogP contribution in [0.2, 0.25) is 0 Å². The Bertz CT molecular complexity index is 620. The minimum atomic E-state index is -4.23. The Morgan fingerprint density at radius 1 is 0.929 bits per heavy atom. The molecule has 0 aliphatic rings. The van der Waals surface area contributed by atoms with Crippen LogP contribution < -0.4 is 0 Å². The van der Waals surface area contributed by atoms with E-state index in [0.717, 1.165) is 12.8 Å². The Morgan fingerprint density at radius 3 is 1.79 bits per heavy atom. The molecule has 7 nitrogen and oxygen atoms in total. The first-order chi connectivity index (χ1) is 12.8. The molecular weight excluding hydrogens is 395 g/mol. The standard InChI is InChI=1S/C12H26O4S.C7H6O3.Na.H/c1-2-3-4-5-6-7-8-9-10-11-12-16-17(13,14)15;8-6-4-2-1-3-5(6)7(9)10;;/h2-12H2,1H3,(H,13,14,15);1-4,8H,(H,9,10);;. The van der Waals surface area contributed by atoms with Gasteiger partial charge in [0, 0.05) is 0 Å². The molecule has 1 aromatic rings. The van der Waals surface area contributed by atoms with Crippen LogP contribution >= 0.6 is 0 Å². The van der Waals surface area contributed by atoms with Gasteiger partial charge in [-0.05, 0) is 18.6 Å². The second-order valence-electron chi connectivity index (χ2n) is 6.25. The first-order valence-electron chi connectivity index (χ1n) is 9.41. The zero-order chi connectivity index (χ0) is 20.5. The molecule has 0 bridgehead atoms. The maximum absolute atomic E-state index is 10.3. The van der Waals surface area contributed by atoms with Gasteiger partial charge in [0.1, 0.15) is 11.3 Å². The molecule has 0 atom stereocenters. The van der Waals surface area contributed by atoms with E-state index in [0.29, 0.717) is 6.42 Å². The molecule has 1 aromatic carbocycles. The first-order valence-corrected chi connectivity index (χ1v) is 10.8. The molecule has 1 rings (SSSR count). The molecule has 28 heavy (non-hydrogen) atoms. The van der Waals surface area contributed by atoms with Gasteiger partial charge < -0.3 is 10.2 Å². The molecule has 3 N–H and O–H groups in total. The monoisotopic (exact) mass is 428 g/mol. The maximum atomic E-state index is 10.3. The van der Waals surface area contributed by atoms with E-state index in [9.17, 15) is 13.2 Å². The number of benzene rings is 1. The van der Waals surface area contributed by atoms with Crippen LogP contribution in [0.4, 0.5) is 0 Å². The second kappa shape index (κ2) is 18.4. The van der Waals surface area contributed by atoms with Gasteiger partial charge in [-0.2, -0.15) is 8.42 Å². The van der Waals surface area contributed by atoms with Gasteiger partial charge in [0.05, 0.1) is 6.61 Å². The molecule has 9 heteroatoms. The fourth-order valence-electron chi connectivity index (χ4n) is 2.41. The summed E-state index contributed by atoms with van der Waals surface area (Å²) >= 11 is 0. The Labute approximate surface area is 190 Å². The van der Waals surface area contributed by atoms with Crippen molar-refractivity contribution < 1.29 is 32.2 Å². The fourth-order valence-corrected chi connectivity index (χ4v) is 2.74. The number of hydrogen-bond donors (Lipinski definition) is 3. The van der Waals surface area contributed by atoms with Crippen molar-refractivity contribution in [1.82, 2.24) is 0 Å². The zero-order valence-electron chi connectivity index (χ0n) is 16.0. The van der Waals surface area contributed by atoms with Gasteiger partial charge in [-0.3, -0.25) is 4.55 Å². The van der Waals surface area contributed by atoms with Crippen molar-refractivity contribution in [1.29, 1.82) is 0 Å². The molecule has 0 unspecified atom stereocenters. The molecule has 0 amide bonds. The molecule has 0 aliphatic carbocycles. The number of carbonyl (C=O) groups is 1. The third kappa shape index (κ3) is 18.7. The Kier molecular flexibility index (Phi) is 19.4. The average molecular weight is 429 g/mol. The van der Waals surface area contributed by atoms with Gasteiger partial charge in [-0.1, -0.05) is 76.8 Å². The van der Waals surface area contributed by atoms with E-state index in [1.54, 1.807) is 12.1 Å². The number of hydrogen-bond acceptors (Lipinski definition) is 5. The normalized spacial score (nSPS) is 10.5. The fraction of sp³-hybridized carbons (Fsp3) is 0.632. The van der Waals surface area contributed by atoms with Crippen molar-refractivity contribution in [3.8, 4) is 5.75 Å². The number of carboxylic acid groups (broad SMARTS) is 1. The summed E-state index contributed by atoms with van der Waals surface area (Å²) < 4.78 is 33.0.